The number of carbonyl (C=O) groups is 3. The van der Waals surface area contributed by atoms with Crippen molar-refractivity contribution in [2.24, 2.45) is 5.73 Å². The molecule has 4 N–H and O–H groups in total. The maximum Gasteiger partial charge on any atom is 0.323 e. The number of carbonyl (C=O) groups excluding carboxylic acids is 2. The van der Waals surface area contributed by atoms with E-state index in [0.29, 0.717) is 5.76 Å². The van der Waals surface area contributed by atoms with Gasteiger partial charge in [-0.15, -0.1) is 0 Å². The Kier molecular flexibility index (Phi) is 5.07. The number of hydrogen-bond acceptors (Lipinski definition) is 5. The first-order chi connectivity index (χ1) is 9.29. The van der Waals surface area contributed by atoms with Crippen LogP contribution in [0.2, 0.25) is 0 Å². The molecule has 0 aromatic carbocycles. The summed E-state index contributed by atoms with van der Waals surface area (Å²) in [5, 5.41) is 11.2. The van der Waals surface area contributed by atoms with Gasteiger partial charge in [-0.05, 0) is 13.8 Å². The lowest BCUT2D eigenvalue weighted by Gasteiger charge is -2.21. The molecule has 1 unspecified atom stereocenters. The molecule has 1 aromatic heterocycles. The molecule has 1 rings (SSSR count). The number of urea groups is 1. The topological polar surface area (TPSA) is 139 Å². The van der Waals surface area contributed by atoms with Crippen molar-refractivity contribution in [2.75, 3.05) is 13.1 Å². The molecule has 0 aliphatic carbocycles. The molecule has 0 spiro atoms. The molecule has 0 bridgehead atoms. The summed E-state index contributed by atoms with van der Waals surface area (Å²) in [6.07, 6.45) is 1.50. The number of carboxylic acids is 1. The average Bonchev–Trinajstić information content (AvgIpc) is 2.73. The lowest BCUT2D eigenvalue weighted by atomic mass is 10.3. The number of hydrogen-bond donors (Lipinski definition) is 3. The Bertz CT molecular complexity index is 497. The van der Waals surface area contributed by atoms with E-state index in [1.165, 1.54) is 6.20 Å². The van der Waals surface area contributed by atoms with Gasteiger partial charge in [0, 0.05) is 0 Å². The minimum Gasteiger partial charge on any atom is -0.480 e. The molecule has 9 nitrogen and oxygen atoms in total. The SMILES string of the molecule is Cc1cnc(C(C)NC(=O)N(CC(N)=O)CC(=O)O)o1. The van der Waals surface area contributed by atoms with Gasteiger partial charge in [0.15, 0.2) is 0 Å². The summed E-state index contributed by atoms with van der Waals surface area (Å²) >= 11 is 0. The third-order valence-corrected chi connectivity index (χ3v) is 2.31. The van der Waals surface area contributed by atoms with Crippen molar-refractivity contribution in [1.82, 2.24) is 15.2 Å². The van der Waals surface area contributed by atoms with Gasteiger partial charge in [-0.1, -0.05) is 0 Å². The van der Waals surface area contributed by atoms with Crippen LogP contribution < -0.4 is 11.1 Å². The molecular formula is C11H16N4O5. The number of nitrogens with zero attached hydrogens (tertiary/aromatic N) is 2. The van der Waals surface area contributed by atoms with Gasteiger partial charge in [-0.2, -0.15) is 0 Å². The fraction of sp³-hybridized carbons (Fsp3) is 0.455. The van der Waals surface area contributed by atoms with Crippen molar-refractivity contribution in [3.05, 3.63) is 17.8 Å². The van der Waals surface area contributed by atoms with Crippen LogP contribution in [-0.2, 0) is 9.59 Å². The van der Waals surface area contributed by atoms with E-state index in [1.807, 2.05) is 0 Å². The number of aryl methyl sites for hydroxylation is 1. The van der Waals surface area contributed by atoms with Gasteiger partial charge in [-0.3, -0.25) is 9.59 Å². The Morgan fingerprint density at radius 1 is 1.50 bits per heavy atom. The number of aliphatic carboxylic acids is 1. The van der Waals surface area contributed by atoms with Crippen LogP contribution in [0.4, 0.5) is 4.79 Å². The summed E-state index contributed by atoms with van der Waals surface area (Å²) in [5.74, 6) is -1.19. The van der Waals surface area contributed by atoms with Crippen molar-refractivity contribution in [1.29, 1.82) is 0 Å². The van der Waals surface area contributed by atoms with Crippen molar-refractivity contribution in [2.45, 2.75) is 19.9 Å². The number of nitrogens with one attached hydrogen (secondary N) is 1. The van der Waals surface area contributed by atoms with Crippen molar-refractivity contribution < 1.29 is 23.9 Å². The maximum atomic E-state index is 11.9. The molecule has 0 fully saturated rings. The van der Waals surface area contributed by atoms with Gasteiger partial charge in [-0.25, -0.2) is 9.78 Å². The summed E-state index contributed by atoms with van der Waals surface area (Å²) in [6, 6.07) is -1.31. The zero-order chi connectivity index (χ0) is 15.3. The van der Waals surface area contributed by atoms with E-state index in [-0.39, 0.29) is 5.89 Å². The maximum absolute atomic E-state index is 11.9. The highest BCUT2D eigenvalue weighted by molar-refractivity contribution is 5.86. The lowest BCUT2D eigenvalue weighted by Crippen LogP contribution is -2.47. The molecule has 0 radical (unpaired) electrons. The molecule has 0 aliphatic rings. The Morgan fingerprint density at radius 3 is 2.60 bits per heavy atom. The number of oxazole rings is 1. The van der Waals surface area contributed by atoms with E-state index >= 15 is 0 Å². The highest BCUT2D eigenvalue weighted by atomic mass is 16.4. The molecule has 0 saturated carbocycles. The van der Waals surface area contributed by atoms with Crippen LogP contribution in [0.1, 0.15) is 24.6 Å². The van der Waals surface area contributed by atoms with Gasteiger partial charge >= 0.3 is 12.0 Å². The second-order valence-corrected chi connectivity index (χ2v) is 4.20. The summed E-state index contributed by atoms with van der Waals surface area (Å²) in [7, 11) is 0. The zero-order valence-electron chi connectivity index (χ0n) is 11.1. The number of amides is 3. The lowest BCUT2D eigenvalue weighted by molar-refractivity contribution is -0.137. The molecule has 0 saturated heterocycles. The highest BCUT2D eigenvalue weighted by Crippen LogP contribution is 2.12. The van der Waals surface area contributed by atoms with Crippen LogP contribution in [0.25, 0.3) is 0 Å². The average molecular weight is 284 g/mol. The first-order valence-electron chi connectivity index (χ1n) is 5.77. The number of nitrogens with two attached hydrogens (primary N) is 1. The summed E-state index contributed by atoms with van der Waals surface area (Å²) in [5.41, 5.74) is 4.97. The monoisotopic (exact) mass is 284 g/mol. The molecule has 1 aromatic rings. The van der Waals surface area contributed by atoms with Crippen LogP contribution in [0, 0.1) is 6.92 Å². The van der Waals surface area contributed by atoms with Crippen molar-refractivity contribution >= 4 is 17.9 Å². The number of carboxylic acid groups (broad SMARTS) is 1. The minimum absolute atomic E-state index is 0.283. The van der Waals surface area contributed by atoms with E-state index in [2.05, 4.69) is 10.3 Å². The van der Waals surface area contributed by atoms with Crippen LogP contribution in [0.3, 0.4) is 0 Å². The minimum atomic E-state index is -1.25. The Balaban J connectivity index is 2.69. The predicted molar refractivity (Wildman–Crippen MR) is 66.6 cm³/mol. The van der Waals surface area contributed by atoms with E-state index in [4.69, 9.17) is 15.3 Å². The molecule has 110 valence electrons. The summed E-state index contributed by atoms with van der Waals surface area (Å²) in [4.78, 5) is 38.1. The van der Waals surface area contributed by atoms with Crippen LogP contribution in [0.15, 0.2) is 10.6 Å². The van der Waals surface area contributed by atoms with E-state index in [9.17, 15) is 14.4 Å². The van der Waals surface area contributed by atoms with Crippen LogP contribution >= 0.6 is 0 Å². The second kappa shape index (κ2) is 6.55. The number of aromatic nitrogens is 1. The molecule has 3 amide bonds. The van der Waals surface area contributed by atoms with Crippen LogP contribution in [-0.4, -0.2) is 46.0 Å². The van der Waals surface area contributed by atoms with E-state index in [1.54, 1.807) is 13.8 Å². The first-order valence-corrected chi connectivity index (χ1v) is 5.77. The first kappa shape index (κ1) is 15.5. The normalized spacial score (nSPS) is 11.7. The van der Waals surface area contributed by atoms with E-state index < -0.39 is 37.0 Å². The molecule has 1 atom stereocenters. The molecule has 0 aliphatic heterocycles. The molecular weight excluding hydrogens is 268 g/mol. The summed E-state index contributed by atoms with van der Waals surface area (Å²) in [6.45, 7) is 2.20. The van der Waals surface area contributed by atoms with Gasteiger partial charge in [0.25, 0.3) is 0 Å². The Morgan fingerprint density at radius 2 is 2.15 bits per heavy atom. The molecule has 9 heteroatoms. The predicted octanol–water partition coefficient (Wildman–Crippen LogP) is -0.374. The van der Waals surface area contributed by atoms with Gasteiger partial charge in [0.1, 0.15) is 24.9 Å². The highest BCUT2D eigenvalue weighted by Gasteiger charge is 2.22. The van der Waals surface area contributed by atoms with Crippen molar-refractivity contribution in [3.8, 4) is 0 Å². The number of primary amides is 1. The summed E-state index contributed by atoms with van der Waals surface area (Å²) < 4.78 is 5.24. The fourth-order valence-electron chi connectivity index (χ4n) is 1.46. The molecule has 1 heterocycles. The van der Waals surface area contributed by atoms with Crippen molar-refractivity contribution in [3.63, 3.8) is 0 Å². The largest absolute Gasteiger partial charge is 0.480 e. The second-order valence-electron chi connectivity index (χ2n) is 4.20. The number of rotatable bonds is 6. The Labute approximate surface area is 114 Å². The smallest absolute Gasteiger partial charge is 0.323 e. The third-order valence-electron chi connectivity index (χ3n) is 2.31. The molecule has 20 heavy (non-hydrogen) atoms. The van der Waals surface area contributed by atoms with Gasteiger partial charge in [0.2, 0.25) is 11.8 Å². The standard InChI is InChI=1S/C11H16N4O5/c1-6-3-13-10(20-6)7(2)14-11(19)15(4-8(12)16)5-9(17)18/h3,7H,4-5H2,1-2H3,(H2,12,16)(H,14,19)(H,17,18). The zero-order valence-corrected chi connectivity index (χ0v) is 11.1. The third kappa shape index (κ3) is 4.59. The van der Waals surface area contributed by atoms with Crippen LogP contribution in [0.5, 0.6) is 0 Å². The van der Waals surface area contributed by atoms with Gasteiger partial charge in [0.05, 0.1) is 6.20 Å². The van der Waals surface area contributed by atoms with E-state index in [0.717, 1.165) is 4.90 Å². The van der Waals surface area contributed by atoms with Gasteiger partial charge < -0.3 is 25.5 Å². The fourth-order valence-corrected chi connectivity index (χ4v) is 1.46. The quantitative estimate of drug-likeness (QED) is 0.651. The Hall–Kier alpha value is -2.58.